The number of urea groups is 1. The number of aryl methyl sites for hydroxylation is 1. The zero-order valence-corrected chi connectivity index (χ0v) is 15.2. The Bertz CT molecular complexity index is 628. The number of carbonyl (C=O) groups is 2. The number of amides is 3. The quantitative estimate of drug-likeness (QED) is 0.913. The molecule has 1 saturated heterocycles. The Balaban J connectivity index is 1.58. The maximum atomic E-state index is 12.6. The molecule has 0 aromatic carbocycles. The molecule has 2 heterocycles. The number of piperazine rings is 1. The highest BCUT2D eigenvalue weighted by Gasteiger charge is 2.33. The summed E-state index contributed by atoms with van der Waals surface area (Å²) in [4.78, 5) is 33.2. The van der Waals surface area contributed by atoms with Crippen molar-refractivity contribution in [3.05, 3.63) is 29.6 Å². The summed E-state index contributed by atoms with van der Waals surface area (Å²) >= 11 is 0. The molecule has 136 valence electrons. The molecule has 1 aliphatic heterocycles. The Labute approximate surface area is 149 Å². The Morgan fingerprint density at radius 3 is 2.72 bits per heavy atom. The van der Waals surface area contributed by atoms with Crippen molar-refractivity contribution >= 4 is 11.9 Å². The maximum Gasteiger partial charge on any atom is 0.318 e. The smallest absolute Gasteiger partial charge is 0.318 e. The van der Waals surface area contributed by atoms with Crippen LogP contribution in [0.3, 0.4) is 0 Å². The van der Waals surface area contributed by atoms with Gasteiger partial charge in [-0.15, -0.1) is 0 Å². The van der Waals surface area contributed by atoms with Crippen molar-refractivity contribution in [1.29, 1.82) is 0 Å². The second-order valence-electron chi connectivity index (χ2n) is 7.06. The Morgan fingerprint density at radius 1 is 1.32 bits per heavy atom. The summed E-state index contributed by atoms with van der Waals surface area (Å²) in [7, 11) is 0. The van der Waals surface area contributed by atoms with Crippen LogP contribution in [0.1, 0.15) is 56.5 Å². The number of aromatic nitrogens is 1. The average molecular weight is 344 g/mol. The predicted octanol–water partition coefficient (Wildman–Crippen LogP) is 2.64. The number of pyridine rings is 1. The Morgan fingerprint density at radius 2 is 2.08 bits per heavy atom. The van der Waals surface area contributed by atoms with E-state index in [1.807, 2.05) is 36.9 Å². The number of nitrogens with one attached hydrogen (secondary N) is 1. The molecule has 0 unspecified atom stereocenters. The highest BCUT2D eigenvalue weighted by Crippen LogP contribution is 2.25. The molecule has 1 aromatic heterocycles. The molecule has 6 nitrogen and oxygen atoms in total. The highest BCUT2D eigenvalue weighted by atomic mass is 16.2. The molecule has 0 spiro atoms. The minimum atomic E-state index is -0.172. The summed E-state index contributed by atoms with van der Waals surface area (Å²) in [5.74, 6) is 0.0787. The van der Waals surface area contributed by atoms with E-state index >= 15 is 0 Å². The molecule has 3 rings (SSSR count). The van der Waals surface area contributed by atoms with Crippen LogP contribution in [0.25, 0.3) is 0 Å². The van der Waals surface area contributed by atoms with E-state index in [0.717, 1.165) is 30.7 Å². The molecule has 25 heavy (non-hydrogen) atoms. The minimum Gasteiger partial charge on any atom is -0.336 e. The summed E-state index contributed by atoms with van der Waals surface area (Å²) in [6.07, 6.45) is 5.39. The van der Waals surface area contributed by atoms with Gasteiger partial charge in [-0.1, -0.05) is 25.8 Å². The minimum absolute atomic E-state index is 0.0787. The fourth-order valence-electron chi connectivity index (χ4n) is 3.85. The molecule has 1 aromatic rings. The van der Waals surface area contributed by atoms with Crippen LogP contribution in [-0.4, -0.2) is 52.4 Å². The van der Waals surface area contributed by atoms with Crippen molar-refractivity contribution in [3.63, 3.8) is 0 Å². The lowest BCUT2D eigenvalue weighted by Crippen LogP contribution is -2.57. The van der Waals surface area contributed by atoms with Gasteiger partial charge in [-0.05, 0) is 38.3 Å². The molecule has 6 heteroatoms. The van der Waals surface area contributed by atoms with Crippen LogP contribution in [0.5, 0.6) is 0 Å². The van der Waals surface area contributed by atoms with Crippen molar-refractivity contribution in [2.45, 2.75) is 58.0 Å². The van der Waals surface area contributed by atoms with Crippen LogP contribution in [0, 0.1) is 6.92 Å². The van der Waals surface area contributed by atoms with Crippen LogP contribution >= 0.6 is 0 Å². The van der Waals surface area contributed by atoms with Crippen molar-refractivity contribution in [2.24, 2.45) is 0 Å². The predicted molar refractivity (Wildman–Crippen MR) is 96.1 cm³/mol. The van der Waals surface area contributed by atoms with Crippen LogP contribution < -0.4 is 5.32 Å². The lowest BCUT2D eigenvalue weighted by atomic mass is 10.1. The lowest BCUT2D eigenvalue weighted by molar-refractivity contribution is -0.137. The number of nitrogens with zero attached hydrogens (tertiary/aromatic N) is 3. The van der Waals surface area contributed by atoms with E-state index < -0.39 is 0 Å². The zero-order valence-electron chi connectivity index (χ0n) is 15.2. The number of carbonyl (C=O) groups excluding carboxylic acids is 2. The molecule has 1 saturated carbocycles. The Hall–Kier alpha value is -2.11. The number of hydrogen-bond donors (Lipinski definition) is 1. The zero-order chi connectivity index (χ0) is 17.8. The number of hydrogen-bond acceptors (Lipinski definition) is 3. The van der Waals surface area contributed by atoms with Crippen molar-refractivity contribution < 1.29 is 9.59 Å². The molecule has 0 bridgehead atoms. The van der Waals surface area contributed by atoms with Crippen LogP contribution in [0.4, 0.5) is 4.79 Å². The lowest BCUT2D eigenvalue weighted by Gasteiger charge is -2.38. The second-order valence-corrected chi connectivity index (χ2v) is 7.06. The van der Waals surface area contributed by atoms with Crippen molar-refractivity contribution in [3.8, 4) is 0 Å². The van der Waals surface area contributed by atoms with Gasteiger partial charge in [0.05, 0.1) is 11.7 Å². The largest absolute Gasteiger partial charge is 0.336 e. The van der Waals surface area contributed by atoms with Gasteiger partial charge in [-0.2, -0.15) is 0 Å². The monoisotopic (exact) mass is 344 g/mol. The summed E-state index contributed by atoms with van der Waals surface area (Å²) in [6.45, 7) is 5.40. The maximum absolute atomic E-state index is 12.6. The third kappa shape index (κ3) is 4.11. The fourth-order valence-corrected chi connectivity index (χ4v) is 3.85. The van der Waals surface area contributed by atoms with E-state index in [1.165, 1.54) is 12.8 Å². The van der Waals surface area contributed by atoms with E-state index in [0.29, 0.717) is 19.1 Å². The average Bonchev–Trinajstić information content (AvgIpc) is 3.13. The normalized spacial score (nSPS) is 20.0. The van der Waals surface area contributed by atoms with Gasteiger partial charge < -0.3 is 15.1 Å². The van der Waals surface area contributed by atoms with Gasteiger partial charge in [0.15, 0.2) is 0 Å². The highest BCUT2D eigenvalue weighted by molar-refractivity contribution is 5.85. The van der Waals surface area contributed by atoms with Gasteiger partial charge in [0.1, 0.15) is 6.54 Å². The third-order valence-electron chi connectivity index (χ3n) is 5.28. The topological polar surface area (TPSA) is 65.5 Å². The van der Waals surface area contributed by atoms with Gasteiger partial charge in [0.2, 0.25) is 5.91 Å². The van der Waals surface area contributed by atoms with E-state index in [2.05, 4.69) is 10.3 Å². The molecule has 2 aliphatic rings. The van der Waals surface area contributed by atoms with E-state index in [9.17, 15) is 9.59 Å². The first-order chi connectivity index (χ1) is 12.1. The van der Waals surface area contributed by atoms with Gasteiger partial charge in [-0.3, -0.25) is 9.78 Å². The van der Waals surface area contributed by atoms with Gasteiger partial charge >= 0.3 is 6.03 Å². The first-order valence-corrected chi connectivity index (χ1v) is 9.37. The fraction of sp³-hybridized carbons (Fsp3) is 0.632. The van der Waals surface area contributed by atoms with Crippen molar-refractivity contribution in [2.75, 3.05) is 19.6 Å². The van der Waals surface area contributed by atoms with Crippen LogP contribution in [0.15, 0.2) is 18.2 Å². The SMILES string of the molecule is CC[C@H](NC(=O)N1CCN(C2CCCC2)C(=O)C1)c1cccc(C)n1. The standard InChI is InChI=1S/C19H28N4O2/c1-3-16(17-10-6-7-14(2)20-17)21-19(25)22-11-12-23(18(24)13-22)15-8-4-5-9-15/h6-7,10,15-16H,3-5,8-9,11-13H2,1-2H3,(H,21,25)/t16-/m0/s1. The molecule has 1 N–H and O–H groups in total. The van der Waals surface area contributed by atoms with Gasteiger partial charge in [0.25, 0.3) is 0 Å². The molecule has 3 amide bonds. The first kappa shape index (κ1) is 17.7. The molecule has 2 fully saturated rings. The molecule has 1 atom stereocenters. The molecular formula is C19H28N4O2. The van der Waals surface area contributed by atoms with Crippen LogP contribution in [0.2, 0.25) is 0 Å². The molecular weight excluding hydrogens is 316 g/mol. The van der Waals surface area contributed by atoms with Crippen molar-refractivity contribution in [1.82, 2.24) is 20.1 Å². The molecule has 1 aliphatic carbocycles. The summed E-state index contributed by atoms with van der Waals surface area (Å²) in [5.41, 5.74) is 1.80. The van der Waals surface area contributed by atoms with Gasteiger partial charge in [-0.25, -0.2) is 4.79 Å². The first-order valence-electron chi connectivity index (χ1n) is 9.37. The second kappa shape index (κ2) is 7.85. The van der Waals surface area contributed by atoms with E-state index in [4.69, 9.17) is 0 Å². The van der Waals surface area contributed by atoms with Crippen LogP contribution in [-0.2, 0) is 4.79 Å². The third-order valence-corrected chi connectivity index (χ3v) is 5.28. The summed E-state index contributed by atoms with van der Waals surface area (Å²) in [5, 5.41) is 3.04. The van der Waals surface area contributed by atoms with Gasteiger partial charge in [0, 0.05) is 24.8 Å². The summed E-state index contributed by atoms with van der Waals surface area (Å²) in [6, 6.07) is 5.92. The van der Waals surface area contributed by atoms with E-state index in [1.54, 1.807) is 4.90 Å². The summed E-state index contributed by atoms with van der Waals surface area (Å²) < 4.78 is 0. The van der Waals surface area contributed by atoms with E-state index in [-0.39, 0.29) is 24.5 Å². The molecule has 0 radical (unpaired) electrons. The Kier molecular flexibility index (Phi) is 5.56. The number of rotatable bonds is 4.